The number of aryl methyl sites for hydroxylation is 1. The zero-order chi connectivity index (χ0) is 16.9. The fourth-order valence-corrected chi connectivity index (χ4v) is 3.75. The van der Waals surface area contributed by atoms with Gasteiger partial charge in [0.25, 0.3) is 0 Å². The molecule has 1 amide bonds. The van der Waals surface area contributed by atoms with E-state index in [1.165, 1.54) is 0 Å². The van der Waals surface area contributed by atoms with Gasteiger partial charge in [-0.2, -0.15) is 0 Å². The van der Waals surface area contributed by atoms with E-state index >= 15 is 0 Å². The Hall–Kier alpha value is -0.810. The van der Waals surface area contributed by atoms with Crippen molar-refractivity contribution in [3.63, 3.8) is 0 Å². The maximum atomic E-state index is 12.4. The van der Waals surface area contributed by atoms with Crippen LogP contribution in [0.25, 0.3) is 0 Å². The van der Waals surface area contributed by atoms with Crippen LogP contribution in [-0.4, -0.2) is 49.2 Å². The van der Waals surface area contributed by atoms with Crippen LogP contribution in [-0.2, 0) is 16.0 Å². The molecule has 1 aromatic rings. The lowest BCUT2D eigenvalue weighted by atomic mass is 10.1. The Labute approximate surface area is 153 Å². The highest BCUT2D eigenvalue weighted by atomic mass is 35.5. The van der Waals surface area contributed by atoms with E-state index in [0.717, 1.165) is 51.1 Å². The van der Waals surface area contributed by atoms with Crippen LogP contribution >= 0.6 is 23.2 Å². The highest BCUT2D eigenvalue weighted by molar-refractivity contribution is 6.42. The molecule has 24 heavy (non-hydrogen) atoms. The number of nitrogens with zero attached hydrogens (tertiary/aromatic N) is 1. The SMILES string of the molecule is O=C(CCc1ccc(Cl)c(Cl)c1)N1CCC(NC2CCOCC2)C1. The van der Waals surface area contributed by atoms with Gasteiger partial charge in [-0.1, -0.05) is 29.3 Å². The lowest BCUT2D eigenvalue weighted by Gasteiger charge is -2.26. The average molecular weight is 371 g/mol. The lowest BCUT2D eigenvalue weighted by molar-refractivity contribution is -0.130. The number of rotatable bonds is 5. The smallest absolute Gasteiger partial charge is 0.222 e. The molecule has 0 aliphatic carbocycles. The van der Waals surface area contributed by atoms with Crippen LogP contribution in [0, 0.1) is 0 Å². The quantitative estimate of drug-likeness (QED) is 0.864. The van der Waals surface area contributed by atoms with Gasteiger partial charge in [-0.25, -0.2) is 0 Å². The van der Waals surface area contributed by atoms with Gasteiger partial charge in [-0.3, -0.25) is 4.79 Å². The molecule has 2 saturated heterocycles. The molecule has 4 nitrogen and oxygen atoms in total. The summed E-state index contributed by atoms with van der Waals surface area (Å²) >= 11 is 11.9. The van der Waals surface area contributed by atoms with Gasteiger partial charge < -0.3 is 15.0 Å². The third kappa shape index (κ3) is 4.85. The van der Waals surface area contributed by atoms with E-state index in [9.17, 15) is 4.79 Å². The molecule has 1 atom stereocenters. The highest BCUT2D eigenvalue weighted by Gasteiger charge is 2.28. The third-order valence-electron chi connectivity index (χ3n) is 4.85. The van der Waals surface area contributed by atoms with Crippen molar-refractivity contribution in [1.82, 2.24) is 10.2 Å². The first-order valence-corrected chi connectivity index (χ1v) is 9.43. The fraction of sp³-hybridized carbons (Fsp3) is 0.611. The Morgan fingerprint density at radius 1 is 1.17 bits per heavy atom. The van der Waals surface area contributed by atoms with Gasteiger partial charge in [-0.15, -0.1) is 0 Å². The van der Waals surface area contributed by atoms with E-state index in [1.54, 1.807) is 6.07 Å². The number of likely N-dealkylation sites (tertiary alicyclic amines) is 1. The topological polar surface area (TPSA) is 41.6 Å². The molecule has 2 aliphatic rings. The Morgan fingerprint density at radius 3 is 2.71 bits per heavy atom. The monoisotopic (exact) mass is 370 g/mol. The van der Waals surface area contributed by atoms with E-state index in [-0.39, 0.29) is 5.91 Å². The number of nitrogens with one attached hydrogen (secondary N) is 1. The molecule has 2 fully saturated rings. The predicted octanol–water partition coefficient (Wildman–Crippen LogP) is 3.30. The second kappa shape index (κ2) is 8.52. The molecule has 2 heterocycles. The fourth-order valence-electron chi connectivity index (χ4n) is 3.42. The Balaban J connectivity index is 1.43. The number of hydrogen-bond acceptors (Lipinski definition) is 3. The molecule has 0 aromatic heterocycles. The van der Waals surface area contributed by atoms with Crippen LogP contribution in [0.15, 0.2) is 18.2 Å². The summed E-state index contributed by atoms with van der Waals surface area (Å²) in [7, 11) is 0. The first-order valence-electron chi connectivity index (χ1n) is 8.67. The molecule has 0 bridgehead atoms. The molecule has 0 spiro atoms. The maximum Gasteiger partial charge on any atom is 0.222 e. The molecule has 1 aromatic carbocycles. The number of benzene rings is 1. The van der Waals surface area contributed by atoms with Crippen LogP contribution in [0.2, 0.25) is 10.0 Å². The second-order valence-corrected chi connectivity index (χ2v) is 7.44. The lowest BCUT2D eigenvalue weighted by Crippen LogP contribution is -2.43. The van der Waals surface area contributed by atoms with Crippen LogP contribution in [0.3, 0.4) is 0 Å². The summed E-state index contributed by atoms with van der Waals surface area (Å²) in [4.78, 5) is 14.4. The standard InChI is InChI=1S/C18H24Cl2N2O2/c19-16-3-1-13(11-17(16)20)2-4-18(23)22-8-5-15(12-22)21-14-6-9-24-10-7-14/h1,3,11,14-15,21H,2,4-10,12H2. The van der Waals surface area contributed by atoms with Gasteiger partial charge in [0, 0.05) is 44.8 Å². The van der Waals surface area contributed by atoms with Gasteiger partial charge in [0.05, 0.1) is 10.0 Å². The molecule has 1 unspecified atom stereocenters. The van der Waals surface area contributed by atoms with Crippen LogP contribution < -0.4 is 5.32 Å². The predicted molar refractivity (Wildman–Crippen MR) is 96.7 cm³/mol. The van der Waals surface area contributed by atoms with E-state index in [1.807, 2.05) is 17.0 Å². The van der Waals surface area contributed by atoms with E-state index in [0.29, 0.717) is 35.0 Å². The molecule has 2 aliphatic heterocycles. The number of carbonyl (C=O) groups excluding carboxylic acids is 1. The van der Waals surface area contributed by atoms with E-state index < -0.39 is 0 Å². The zero-order valence-electron chi connectivity index (χ0n) is 13.8. The normalized spacial score (nSPS) is 22.1. The summed E-state index contributed by atoms with van der Waals surface area (Å²) in [5, 5.41) is 4.78. The van der Waals surface area contributed by atoms with Crippen molar-refractivity contribution < 1.29 is 9.53 Å². The molecular weight excluding hydrogens is 347 g/mol. The van der Waals surface area contributed by atoms with Crippen molar-refractivity contribution in [2.75, 3.05) is 26.3 Å². The molecule has 6 heteroatoms. The van der Waals surface area contributed by atoms with Crippen LogP contribution in [0.4, 0.5) is 0 Å². The Bertz CT molecular complexity index is 576. The van der Waals surface area contributed by atoms with Crippen LogP contribution in [0.5, 0.6) is 0 Å². The Kier molecular flexibility index (Phi) is 6.39. The average Bonchev–Trinajstić information content (AvgIpc) is 3.05. The summed E-state index contributed by atoms with van der Waals surface area (Å²) in [6, 6.07) is 6.52. The molecule has 0 saturated carbocycles. The molecule has 132 valence electrons. The summed E-state index contributed by atoms with van der Waals surface area (Å²) in [6.45, 7) is 3.35. The summed E-state index contributed by atoms with van der Waals surface area (Å²) in [5.74, 6) is 0.220. The van der Waals surface area contributed by atoms with Crippen molar-refractivity contribution in [2.45, 2.75) is 44.2 Å². The van der Waals surface area contributed by atoms with Gasteiger partial charge in [-0.05, 0) is 43.4 Å². The van der Waals surface area contributed by atoms with Crippen molar-refractivity contribution in [3.05, 3.63) is 33.8 Å². The van der Waals surface area contributed by atoms with Gasteiger partial charge in [0.2, 0.25) is 5.91 Å². The minimum atomic E-state index is 0.220. The zero-order valence-corrected chi connectivity index (χ0v) is 15.3. The number of amides is 1. The van der Waals surface area contributed by atoms with Crippen molar-refractivity contribution in [3.8, 4) is 0 Å². The summed E-state index contributed by atoms with van der Waals surface area (Å²) < 4.78 is 5.39. The number of carbonyl (C=O) groups is 1. The number of ether oxygens (including phenoxy) is 1. The van der Waals surface area contributed by atoms with Crippen molar-refractivity contribution in [1.29, 1.82) is 0 Å². The third-order valence-corrected chi connectivity index (χ3v) is 5.58. The first-order chi connectivity index (χ1) is 11.6. The van der Waals surface area contributed by atoms with E-state index in [4.69, 9.17) is 27.9 Å². The highest BCUT2D eigenvalue weighted by Crippen LogP contribution is 2.23. The van der Waals surface area contributed by atoms with Crippen LogP contribution in [0.1, 0.15) is 31.2 Å². The maximum absolute atomic E-state index is 12.4. The van der Waals surface area contributed by atoms with E-state index in [2.05, 4.69) is 5.32 Å². The minimum absolute atomic E-state index is 0.220. The Morgan fingerprint density at radius 2 is 1.96 bits per heavy atom. The van der Waals surface area contributed by atoms with Crippen molar-refractivity contribution >= 4 is 29.1 Å². The van der Waals surface area contributed by atoms with Crippen molar-refractivity contribution in [2.24, 2.45) is 0 Å². The summed E-state index contributed by atoms with van der Waals surface area (Å²) in [5.41, 5.74) is 1.05. The summed E-state index contributed by atoms with van der Waals surface area (Å²) in [6.07, 6.45) is 4.39. The largest absolute Gasteiger partial charge is 0.381 e. The molecule has 1 N–H and O–H groups in total. The first kappa shape index (κ1) is 18.0. The molecule has 3 rings (SSSR count). The number of halogens is 2. The van der Waals surface area contributed by atoms with Gasteiger partial charge in [0.1, 0.15) is 0 Å². The van der Waals surface area contributed by atoms with Gasteiger partial charge >= 0.3 is 0 Å². The second-order valence-electron chi connectivity index (χ2n) is 6.63. The molecular formula is C18H24Cl2N2O2. The number of hydrogen-bond donors (Lipinski definition) is 1. The van der Waals surface area contributed by atoms with Gasteiger partial charge in [0.15, 0.2) is 0 Å². The minimum Gasteiger partial charge on any atom is -0.381 e. The molecule has 0 radical (unpaired) electrons.